The van der Waals surface area contributed by atoms with E-state index < -0.39 is 10.0 Å². The first-order valence-electron chi connectivity index (χ1n) is 9.24. The maximum Gasteiger partial charge on any atom is 0.262 e. The van der Waals surface area contributed by atoms with Gasteiger partial charge in [-0.1, -0.05) is 26.0 Å². The van der Waals surface area contributed by atoms with Crippen molar-refractivity contribution in [3.8, 4) is 5.75 Å². The zero-order chi connectivity index (χ0) is 20.9. The fourth-order valence-electron chi connectivity index (χ4n) is 2.62. The van der Waals surface area contributed by atoms with Gasteiger partial charge >= 0.3 is 0 Å². The van der Waals surface area contributed by atoms with E-state index in [1.54, 1.807) is 26.8 Å². The summed E-state index contributed by atoms with van der Waals surface area (Å²) in [4.78, 5) is 12.3. The van der Waals surface area contributed by atoms with Crippen molar-refractivity contribution < 1.29 is 17.9 Å². The highest BCUT2D eigenvalue weighted by Gasteiger charge is 2.17. The molecule has 0 aromatic heterocycles. The highest BCUT2D eigenvalue weighted by atomic mass is 32.2. The summed E-state index contributed by atoms with van der Waals surface area (Å²) in [5.74, 6) is 0.613. The van der Waals surface area contributed by atoms with Gasteiger partial charge in [0.2, 0.25) is 10.0 Å². The number of carbonyl (C=O) groups excluding carboxylic acids is 1. The van der Waals surface area contributed by atoms with E-state index >= 15 is 0 Å². The Morgan fingerprint density at radius 1 is 1.04 bits per heavy atom. The molecule has 152 valence electrons. The number of hydrogen-bond acceptors (Lipinski definition) is 4. The van der Waals surface area contributed by atoms with Gasteiger partial charge in [0.25, 0.3) is 5.91 Å². The second-order valence-electron chi connectivity index (χ2n) is 7.32. The Hall–Kier alpha value is -2.38. The average molecular weight is 405 g/mol. The van der Waals surface area contributed by atoms with E-state index in [-0.39, 0.29) is 23.5 Å². The summed E-state index contributed by atoms with van der Waals surface area (Å²) in [6, 6.07) is 12.1. The normalized spacial score (nSPS) is 11.7. The van der Waals surface area contributed by atoms with Crippen molar-refractivity contribution >= 4 is 21.6 Å². The molecule has 0 spiro atoms. The van der Waals surface area contributed by atoms with E-state index in [1.807, 2.05) is 24.3 Å². The maximum absolute atomic E-state index is 12.2. The van der Waals surface area contributed by atoms with Crippen LogP contribution in [-0.4, -0.2) is 27.0 Å². The molecule has 6 nitrogen and oxygen atoms in total. The lowest BCUT2D eigenvalue weighted by Gasteiger charge is -2.13. The molecule has 0 saturated carbocycles. The Morgan fingerprint density at radius 3 is 2.21 bits per heavy atom. The van der Waals surface area contributed by atoms with Gasteiger partial charge in [0.05, 0.1) is 4.90 Å². The molecule has 2 N–H and O–H groups in total. The number of sulfonamides is 1. The van der Waals surface area contributed by atoms with Gasteiger partial charge in [0.1, 0.15) is 5.75 Å². The number of hydrogen-bond donors (Lipinski definition) is 2. The van der Waals surface area contributed by atoms with Gasteiger partial charge in [0.15, 0.2) is 6.61 Å². The highest BCUT2D eigenvalue weighted by Crippen LogP contribution is 2.22. The molecule has 1 amide bonds. The topological polar surface area (TPSA) is 84.5 Å². The molecule has 2 aromatic rings. The molecule has 0 aliphatic carbocycles. The quantitative estimate of drug-likeness (QED) is 0.700. The van der Waals surface area contributed by atoms with E-state index in [2.05, 4.69) is 23.9 Å². The number of nitrogens with one attached hydrogen (secondary N) is 2. The lowest BCUT2D eigenvalue weighted by molar-refractivity contribution is -0.118. The minimum Gasteiger partial charge on any atom is -0.483 e. The molecular weight excluding hydrogens is 376 g/mol. The van der Waals surface area contributed by atoms with Crippen LogP contribution in [0.1, 0.15) is 44.7 Å². The summed E-state index contributed by atoms with van der Waals surface area (Å²) in [5.41, 5.74) is 2.54. The first kappa shape index (κ1) is 21.9. The van der Waals surface area contributed by atoms with Gasteiger partial charge in [0, 0.05) is 11.7 Å². The Labute approximate surface area is 167 Å². The zero-order valence-electron chi connectivity index (χ0n) is 16.9. The maximum atomic E-state index is 12.2. The summed E-state index contributed by atoms with van der Waals surface area (Å²) >= 11 is 0. The third-order valence-corrected chi connectivity index (χ3v) is 5.72. The van der Waals surface area contributed by atoms with Crippen molar-refractivity contribution in [3.05, 3.63) is 53.6 Å². The number of aryl methyl sites for hydroxylation is 1. The second-order valence-corrected chi connectivity index (χ2v) is 9.03. The standard InChI is InChI=1S/C21H28N2O4S/c1-14(2)17-6-8-18(9-7-17)22-21(24)13-27-20-11-10-19(12-16(20)5)28(25,26)23-15(3)4/h6-12,14-15,23H,13H2,1-5H3,(H,22,24). The fraction of sp³-hybridized carbons (Fsp3) is 0.381. The largest absolute Gasteiger partial charge is 0.483 e. The molecule has 0 bridgehead atoms. The SMILES string of the molecule is Cc1cc(S(=O)(=O)NC(C)C)ccc1OCC(=O)Nc1ccc(C(C)C)cc1. The zero-order valence-corrected chi connectivity index (χ0v) is 17.8. The van der Waals surface area contributed by atoms with Crippen molar-refractivity contribution in [1.29, 1.82) is 0 Å². The first-order valence-corrected chi connectivity index (χ1v) is 10.7. The van der Waals surface area contributed by atoms with Gasteiger partial charge in [-0.15, -0.1) is 0 Å². The number of anilines is 1. The van der Waals surface area contributed by atoms with Crippen LogP contribution in [0.2, 0.25) is 0 Å². The van der Waals surface area contributed by atoms with Crippen LogP contribution in [-0.2, 0) is 14.8 Å². The van der Waals surface area contributed by atoms with Crippen molar-refractivity contribution in [2.45, 2.75) is 51.5 Å². The van der Waals surface area contributed by atoms with E-state index in [9.17, 15) is 13.2 Å². The minimum absolute atomic E-state index is 0.164. The van der Waals surface area contributed by atoms with E-state index in [0.29, 0.717) is 22.9 Å². The molecule has 0 fully saturated rings. The molecule has 28 heavy (non-hydrogen) atoms. The molecule has 0 heterocycles. The summed E-state index contributed by atoms with van der Waals surface area (Å²) in [5, 5.41) is 2.79. The lowest BCUT2D eigenvalue weighted by Crippen LogP contribution is -2.30. The summed E-state index contributed by atoms with van der Waals surface area (Å²) in [6.45, 7) is 9.32. The third kappa shape index (κ3) is 6.07. The van der Waals surface area contributed by atoms with Crippen molar-refractivity contribution in [1.82, 2.24) is 4.72 Å². The molecule has 7 heteroatoms. The van der Waals surface area contributed by atoms with Crippen LogP contribution in [0, 0.1) is 6.92 Å². The van der Waals surface area contributed by atoms with Crippen LogP contribution in [0.4, 0.5) is 5.69 Å². The monoisotopic (exact) mass is 404 g/mol. The van der Waals surface area contributed by atoms with Crippen LogP contribution in [0.5, 0.6) is 5.75 Å². The van der Waals surface area contributed by atoms with Gasteiger partial charge in [-0.2, -0.15) is 0 Å². The third-order valence-electron chi connectivity index (χ3n) is 4.07. The number of benzene rings is 2. The van der Waals surface area contributed by atoms with Gasteiger partial charge in [-0.3, -0.25) is 4.79 Å². The van der Waals surface area contributed by atoms with Crippen molar-refractivity contribution in [2.24, 2.45) is 0 Å². The Kier molecular flexibility index (Phi) is 7.21. The van der Waals surface area contributed by atoms with Crippen LogP contribution in [0.15, 0.2) is 47.4 Å². The summed E-state index contributed by atoms with van der Waals surface area (Å²) in [7, 11) is -3.57. The summed E-state index contributed by atoms with van der Waals surface area (Å²) in [6.07, 6.45) is 0. The number of amides is 1. The van der Waals surface area contributed by atoms with Gasteiger partial charge in [-0.25, -0.2) is 13.1 Å². The fourth-order valence-corrected chi connectivity index (χ4v) is 3.96. The number of carbonyl (C=O) groups is 1. The number of ether oxygens (including phenoxy) is 1. The lowest BCUT2D eigenvalue weighted by atomic mass is 10.0. The molecular formula is C21H28N2O4S. The Bertz CT molecular complexity index is 920. The smallest absolute Gasteiger partial charge is 0.262 e. The average Bonchev–Trinajstić information content (AvgIpc) is 2.60. The van der Waals surface area contributed by atoms with Gasteiger partial charge < -0.3 is 10.1 Å². The molecule has 2 rings (SSSR count). The molecule has 0 unspecified atom stereocenters. The molecule has 0 atom stereocenters. The molecule has 0 aliphatic heterocycles. The van der Waals surface area contributed by atoms with Crippen LogP contribution in [0.3, 0.4) is 0 Å². The molecule has 0 radical (unpaired) electrons. The number of rotatable bonds is 8. The molecule has 0 aliphatic rings. The Balaban J connectivity index is 1.97. The molecule has 2 aromatic carbocycles. The first-order chi connectivity index (χ1) is 13.1. The van der Waals surface area contributed by atoms with Crippen molar-refractivity contribution in [2.75, 3.05) is 11.9 Å². The predicted molar refractivity (Wildman–Crippen MR) is 111 cm³/mol. The van der Waals surface area contributed by atoms with Crippen LogP contribution < -0.4 is 14.8 Å². The Morgan fingerprint density at radius 2 is 1.68 bits per heavy atom. The van der Waals surface area contributed by atoms with Crippen LogP contribution in [0.25, 0.3) is 0 Å². The van der Waals surface area contributed by atoms with Gasteiger partial charge in [-0.05, 0) is 68.1 Å². The van der Waals surface area contributed by atoms with E-state index in [1.165, 1.54) is 17.7 Å². The van der Waals surface area contributed by atoms with Crippen molar-refractivity contribution in [3.63, 3.8) is 0 Å². The second kappa shape index (κ2) is 9.21. The predicted octanol–water partition coefficient (Wildman–Crippen LogP) is 3.82. The van der Waals surface area contributed by atoms with E-state index in [0.717, 1.165) is 0 Å². The summed E-state index contributed by atoms with van der Waals surface area (Å²) < 4.78 is 32.5. The molecule has 0 saturated heterocycles. The van der Waals surface area contributed by atoms with E-state index in [4.69, 9.17) is 4.74 Å². The van der Waals surface area contributed by atoms with Crippen LogP contribution >= 0.6 is 0 Å². The minimum atomic E-state index is -3.57. The highest BCUT2D eigenvalue weighted by molar-refractivity contribution is 7.89.